The van der Waals surface area contributed by atoms with Gasteiger partial charge in [-0.2, -0.15) is 0 Å². The van der Waals surface area contributed by atoms with Gasteiger partial charge in [-0.05, 0) is 24.7 Å². The van der Waals surface area contributed by atoms with Gasteiger partial charge < -0.3 is 0 Å². The number of hydrogen-bond acceptors (Lipinski definition) is 0. The van der Waals surface area contributed by atoms with E-state index < -0.39 is 0 Å². The topological polar surface area (TPSA) is 0 Å². The van der Waals surface area contributed by atoms with Crippen LogP contribution in [0.2, 0.25) is 0 Å². The Morgan fingerprint density at radius 2 is 1.56 bits per heavy atom. The first kappa shape index (κ1) is 15.7. The fourth-order valence-electron chi connectivity index (χ4n) is 2.11. The highest BCUT2D eigenvalue weighted by Crippen LogP contribution is 2.18. The molecule has 0 nitrogen and oxygen atoms in total. The van der Waals surface area contributed by atoms with Crippen molar-refractivity contribution in [3.8, 4) is 0 Å². The summed E-state index contributed by atoms with van der Waals surface area (Å²) in [6.07, 6.45) is 15.7. The molecule has 96 valence electrons. The molecule has 0 aliphatic rings. The molecular formula is C16H32. The van der Waals surface area contributed by atoms with E-state index in [4.69, 9.17) is 0 Å². The van der Waals surface area contributed by atoms with Crippen molar-refractivity contribution in [3.05, 3.63) is 12.2 Å². The zero-order valence-corrected chi connectivity index (χ0v) is 12.0. The second-order valence-electron chi connectivity index (χ2n) is 5.20. The van der Waals surface area contributed by atoms with Crippen molar-refractivity contribution in [2.24, 2.45) is 11.8 Å². The smallest absolute Gasteiger partial charge is 0.0262 e. The van der Waals surface area contributed by atoms with Crippen LogP contribution in [-0.4, -0.2) is 0 Å². The van der Waals surface area contributed by atoms with Gasteiger partial charge in [-0.3, -0.25) is 0 Å². The van der Waals surface area contributed by atoms with Gasteiger partial charge in [0.05, 0.1) is 0 Å². The van der Waals surface area contributed by atoms with Crippen molar-refractivity contribution >= 4 is 0 Å². The minimum atomic E-state index is 0.781. The van der Waals surface area contributed by atoms with Crippen molar-refractivity contribution < 1.29 is 0 Å². The lowest BCUT2D eigenvalue weighted by Gasteiger charge is -2.12. The van der Waals surface area contributed by atoms with Crippen LogP contribution in [0.5, 0.6) is 0 Å². The molecule has 0 heteroatoms. The third-order valence-electron chi connectivity index (χ3n) is 3.49. The summed E-state index contributed by atoms with van der Waals surface area (Å²) in [5.41, 5.74) is 0. The molecule has 0 saturated heterocycles. The summed E-state index contributed by atoms with van der Waals surface area (Å²) in [4.78, 5) is 0. The summed E-state index contributed by atoms with van der Waals surface area (Å²) in [6.45, 7) is 9.23. The van der Waals surface area contributed by atoms with Crippen molar-refractivity contribution in [1.82, 2.24) is 0 Å². The van der Waals surface area contributed by atoms with Gasteiger partial charge >= 0.3 is 0 Å². The van der Waals surface area contributed by atoms with E-state index in [9.17, 15) is 0 Å². The maximum atomic E-state index is 2.43. The van der Waals surface area contributed by atoms with Gasteiger partial charge in [0.25, 0.3) is 0 Å². The Hall–Kier alpha value is -0.260. The first-order chi connectivity index (χ1) is 7.74. The molecule has 0 amide bonds. The second kappa shape index (κ2) is 11.2. The normalized spacial score (nSPS) is 15.5. The Kier molecular flexibility index (Phi) is 11.0. The largest absolute Gasteiger partial charge is 0.0880 e. The van der Waals surface area contributed by atoms with Crippen molar-refractivity contribution in [2.45, 2.75) is 79.1 Å². The monoisotopic (exact) mass is 224 g/mol. The van der Waals surface area contributed by atoms with Crippen LogP contribution in [-0.2, 0) is 0 Å². The Morgan fingerprint density at radius 1 is 0.938 bits per heavy atom. The fraction of sp³-hybridized carbons (Fsp3) is 0.875. The Bertz CT molecular complexity index is 157. The molecule has 0 aliphatic carbocycles. The average molecular weight is 224 g/mol. The molecule has 0 fully saturated rings. The predicted molar refractivity (Wildman–Crippen MR) is 75.8 cm³/mol. The fourth-order valence-corrected chi connectivity index (χ4v) is 2.11. The average Bonchev–Trinajstić information content (AvgIpc) is 2.30. The highest BCUT2D eigenvalue weighted by Gasteiger charge is 2.03. The quantitative estimate of drug-likeness (QED) is 0.401. The van der Waals surface area contributed by atoms with Gasteiger partial charge in [0.2, 0.25) is 0 Å². The van der Waals surface area contributed by atoms with Crippen molar-refractivity contribution in [2.75, 3.05) is 0 Å². The lowest BCUT2D eigenvalue weighted by atomic mass is 9.94. The number of allylic oxidation sites excluding steroid dienone is 2. The second-order valence-corrected chi connectivity index (χ2v) is 5.20. The molecule has 2 unspecified atom stereocenters. The molecule has 0 spiro atoms. The maximum absolute atomic E-state index is 2.43. The highest BCUT2D eigenvalue weighted by atomic mass is 14.1. The van der Waals surface area contributed by atoms with Gasteiger partial charge in [0, 0.05) is 0 Å². The zero-order valence-electron chi connectivity index (χ0n) is 12.0. The number of hydrogen-bond donors (Lipinski definition) is 0. The molecule has 0 saturated carbocycles. The summed E-state index contributed by atoms with van der Waals surface area (Å²) >= 11 is 0. The van der Waals surface area contributed by atoms with Crippen LogP contribution in [0.1, 0.15) is 79.1 Å². The molecule has 0 radical (unpaired) electrons. The molecular weight excluding hydrogens is 192 g/mol. The molecule has 16 heavy (non-hydrogen) atoms. The van der Waals surface area contributed by atoms with E-state index in [1.807, 2.05) is 0 Å². The van der Waals surface area contributed by atoms with E-state index in [1.165, 1.54) is 51.4 Å². The van der Waals surface area contributed by atoms with E-state index in [-0.39, 0.29) is 0 Å². The minimum absolute atomic E-state index is 0.781. The van der Waals surface area contributed by atoms with Gasteiger partial charge in [-0.25, -0.2) is 0 Å². The number of unbranched alkanes of at least 4 members (excludes halogenated alkanes) is 2. The van der Waals surface area contributed by atoms with Gasteiger partial charge in [-0.1, -0.05) is 78.4 Å². The maximum Gasteiger partial charge on any atom is -0.0262 e. The zero-order chi connectivity index (χ0) is 12.2. The SMILES string of the molecule is CCCCC(C)C=CCC(CC)CCCC. The Labute approximate surface area is 104 Å². The molecule has 0 rings (SSSR count). The Balaban J connectivity index is 3.68. The van der Waals surface area contributed by atoms with Gasteiger partial charge in [0.15, 0.2) is 0 Å². The van der Waals surface area contributed by atoms with E-state index >= 15 is 0 Å². The van der Waals surface area contributed by atoms with E-state index in [1.54, 1.807) is 0 Å². The van der Waals surface area contributed by atoms with Crippen molar-refractivity contribution in [1.29, 1.82) is 0 Å². The summed E-state index contributed by atoms with van der Waals surface area (Å²) < 4.78 is 0. The molecule has 0 aromatic heterocycles. The molecule has 0 aromatic carbocycles. The summed E-state index contributed by atoms with van der Waals surface area (Å²) in [7, 11) is 0. The molecule has 0 aromatic rings. The predicted octanol–water partition coefficient (Wildman–Crippen LogP) is 5.98. The highest BCUT2D eigenvalue weighted by molar-refractivity contribution is 4.87. The van der Waals surface area contributed by atoms with Crippen LogP contribution >= 0.6 is 0 Å². The third kappa shape index (κ3) is 9.00. The Morgan fingerprint density at radius 3 is 2.12 bits per heavy atom. The van der Waals surface area contributed by atoms with E-state index in [2.05, 4.69) is 39.8 Å². The van der Waals surface area contributed by atoms with Crippen LogP contribution in [0.25, 0.3) is 0 Å². The minimum Gasteiger partial charge on any atom is -0.0880 e. The standard InChI is InChI=1S/C16H32/c1-5-8-11-15(4)12-10-14-16(7-3)13-9-6-2/h10,12,15-16H,5-9,11,13-14H2,1-4H3. The van der Waals surface area contributed by atoms with Gasteiger partial charge in [0.1, 0.15) is 0 Å². The van der Waals surface area contributed by atoms with E-state index in [0.29, 0.717) is 0 Å². The summed E-state index contributed by atoms with van der Waals surface area (Å²) in [6, 6.07) is 0. The van der Waals surface area contributed by atoms with Gasteiger partial charge in [-0.15, -0.1) is 0 Å². The molecule has 0 aliphatic heterocycles. The van der Waals surface area contributed by atoms with Crippen LogP contribution in [0.3, 0.4) is 0 Å². The third-order valence-corrected chi connectivity index (χ3v) is 3.49. The molecule has 0 N–H and O–H groups in total. The molecule has 0 heterocycles. The lowest BCUT2D eigenvalue weighted by Crippen LogP contribution is -1.97. The van der Waals surface area contributed by atoms with E-state index in [0.717, 1.165) is 11.8 Å². The van der Waals surface area contributed by atoms with Crippen molar-refractivity contribution in [3.63, 3.8) is 0 Å². The molecule has 2 atom stereocenters. The van der Waals surface area contributed by atoms with Crippen LogP contribution in [0.15, 0.2) is 12.2 Å². The summed E-state index contributed by atoms with van der Waals surface area (Å²) in [5.74, 6) is 1.71. The molecule has 0 bridgehead atoms. The van der Waals surface area contributed by atoms with Crippen LogP contribution in [0.4, 0.5) is 0 Å². The first-order valence-corrected chi connectivity index (χ1v) is 7.41. The summed E-state index contributed by atoms with van der Waals surface area (Å²) in [5, 5.41) is 0. The number of rotatable bonds is 10. The lowest BCUT2D eigenvalue weighted by molar-refractivity contribution is 0.455. The first-order valence-electron chi connectivity index (χ1n) is 7.41. The van der Waals surface area contributed by atoms with Crippen LogP contribution < -0.4 is 0 Å². The van der Waals surface area contributed by atoms with Crippen LogP contribution in [0, 0.1) is 11.8 Å².